The van der Waals surface area contributed by atoms with Crippen LogP contribution in [0.4, 0.5) is 0 Å². The molecule has 0 amide bonds. The van der Waals surface area contributed by atoms with Gasteiger partial charge in [0.1, 0.15) is 0 Å². The number of hydrogen-bond acceptors (Lipinski definition) is 2. The molecule has 2 rings (SSSR count). The Kier molecular flexibility index (Phi) is 6.34. The quantitative estimate of drug-likeness (QED) is 0.759. The highest BCUT2D eigenvalue weighted by Crippen LogP contribution is 2.28. The highest BCUT2D eigenvalue weighted by atomic mass is 32.2. The van der Waals surface area contributed by atoms with E-state index in [1.165, 1.54) is 23.1 Å². The topological polar surface area (TPSA) is 12.0 Å². The molecule has 1 nitrogen and oxygen atoms in total. The van der Waals surface area contributed by atoms with Gasteiger partial charge in [-0.1, -0.05) is 61.5 Å². The summed E-state index contributed by atoms with van der Waals surface area (Å²) in [5.74, 6) is 0. The van der Waals surface area contributed by atoms with Gasteiger partial charge in [-0.25, -0.2) is 0 Å². The van der Waals surface area contributed by atoms with E-state index in [2.05, 4.69) is 80.0 Å². The Hall–Kier alpha value is -1.25. The SMILES string of the molecule is CCC(C)NC[C@@H](SC)c1ccc(-c2ccccc2)cc1. The van der Waals surface area contributed by atoms with Crippen LogP contribution in [-0.4, -0.2) is 18.8 Å². The monoisotopic (exact) mass is 299 g/mol. The van der Waals surface area contributed by atoms with Crippen LogP contribution in [0.2, 0.25) is 0 Å². The van der Waals surface area contributed by atoms with Crippen molar-refractivity contribution in [3.8, 4) is 11.1 Å². The molecule has 1 unspecified atom stereocenters. The van der Waals surface area contributed by atoms with Gasteiger partial charge in [-0.3, -0.25) is 0 Å². The summed E-state index contributed by atoms with van der Waals surface area (Å²) in [5, 5.41) is 4.12. The van der Waals surface area contributed by atoms with Gasteiger partial charge in [0.15, 0.2) is 0 Å². The summed E-state index contributed by atoms with van der Waals surface area (Å²) in [6.45, 7) is 5.50. The van der Waals surface area contributed by atoms with Crippen molar-refractivity contribution < 1.29 is 0 Å². The fourth-order valence-corrected chi connectivity index (χ4v) is 3.00. The minimum Gasteiger partial charge on any atom is -0.313 e. The van der Waals surface area contributed by atoms with Crippen molar-refractivity contribution in [3.63, 3.8) is 0 Å². The van der Waals surface area contributed by atoms with E-state index in [1.54, 1.807) is 0 Å². The lowest BCUT2D eigenvalue weighted by molar-refractivity contribution is 0.534. The molecule has 2 aromatic rings. The number of benzene rings is 2. The summed E-state index contributed by atoms with van der Waals surface area (Å²) < 4.78 is 0. The van der Waals surface area contributed by atoms with Crippen LogP contribution in [-0.2, 0) is 0 Å². The molecule has 21 heavy (non-hydrogen) atoms. The zero-order chi connectivity index (χ0) is 15.1. The lowest BCUT2D eigenvalue weighted by Crippen LogP contribution is -2.28. The molecular formula is C19H25NS. The van der Waals surface area contributed by atoms with Crippen LogP contribution < -0.4 is 5.32 Å². The van der Waals surface area contributed by atoms with Gasteiger partial charge in [-0.15, -0.1) is 0 Å². The van der Waals surface area contributed by atoms with Gasteiger partial charge in [0.2, 0.25) is 0 Å². The Bertz CT molecular complexity index is 521. The molecule has 2 aromatic carbocycles. The number of thioether (sulfide) groups is 1. The van der Waals surface area contributed by atoms with Gasteiger partial charge < -0.3 is 5.32 Å². The Morgan fingerprint density at radius 1 is 0.952 bits per heavy atom. The fourth-order valence-electron chi connectivity index (χ4n) is 2.31. The molecule has 0 aromatic heterocycles. The average Bonchev–Trinajstić information content (AvgIpc) is 2.56. The first-order valence-electron chi connectivity index (χ1n) is 7.66. The van der Waals surface area contributed by atoms with E-state index in [0.29, 0.717) is 11.3 Å². The van der Waals surface area contributed by atoms with Crippen LogP contribution in [0, 0.1) is 0 Å². The second-order valence-electron chi connectivity index (χ2n) is 5.43. The Labute approximate surface area is 133 Å². The van der Waals surface area contributed by atoms with E-state index in [0.717, 1.165) is 6.54 Å². The van der Waals surface area contributed by atoms with Crippen LogP contribution in [0.5, 0.6) is 0 Å². The van der Waals surface area contributed by atoms with E-state index in [9.17, 15) is 0 Å². The van der Waals surface area contributed by atoms with Crippen molar-refractivity contribution in [3.05, 3.63) is 60.2 Å². The minimum absolute atomic E-state index is 0.517. The summed E-state index contributed by atoms with van der Waals surface area (Å²) in [6, 6.07) is 20.1. The van der Waals surface area contributed by atoms with E-state index in [-0.39, 0.29) is 0 Å². The molecule has 0 spiro atoms. The van der Waals surface area contributed by atoms with E-state index >= 15 is 0 Å². The summed E-state index contributed by atoms with van der Waals surface area (Å²) in [5.41, 5.74) is 3.97. The minimum atomic E-state index is 0.517. The molecule has 2 heteroatoms. The van der Waals surface area contributed by atoms with Gasteiger partial charge in [0.05, 0.1) is 0 Å². The van der Waals surface area contributed by atoms with Crippen molar-refractivity contribution in [1.82, 2.24) is 5.32 Å². The van der Waals surface area contributed by atoms with Crippen LogP contribution in [0.25, 0.3) is 11.1 Å². The Morgan fingerprint density at radius 3 is 2.14 bits per heavy atom. The summed E-state index contributed by atoms with van der Waals surface area (Å²) in [4.78, 5) is 0. The van der Waals surface area contributed by atoms with Crippen molar-refractivity contribution in [2.75, 3.05) is 12.8 Å². The average molecular weight is 299 g/mol. The van der Waals surface area contributed by atoms with Crippen LogP contribution in [0.3, 0.4) is 0 Å². The van der Waals surface area contributed by atoms with Gasteiger partial charge in [-0.2, -0.15) is 11.8 Å². The first-order chi connectivity index (χ1) is 10.2. The third kappa shape index (κ3) is 4.62. The number of hydrogen-bond donors (Lipinski definition) is 1. The van der Waals surface area contributed by atoms with Crippen molar-refractivity contribution in [1.29, 1.82) is 0 Å². The van der Waals surface area contributed by atoms with Crippen LogP contribution in [0.1, 0.15) is 31.1 Å². The van der Waals surface area contributed by atoms with E-state index in [1.807, 2.05) is 11.8 Å². The molecule has 0 aliphatic rings. The molecule has 1 N–H and O–H groups in total. The lowest BCUT2D eigenvalue weighted by atomic mass is 10.0. The maximum Gasteiger partial charge on any atom is 0.0419 e. The van der Waals surface area contributed by atoms with Gasteiger partial charge in [0.25, 0.3) is 0 Å². The highest BCUT2D eigenvalue weighted by Gasteiger charge is 2.11. The maximum absolute atomic E-state index is 3.61. The molecule has 0 aliphatic carbocycles. The standard InChI is InChI=1S/C19H25NS/c1-4-15(2)20-14-19(21-3)18-12-10-17(11-13-18)16-8-6-5-7-9-16/h5-13,15,19-20H,4,14H2,1-3H3/t15?,19-/m1/s1. The molecule has 0 radical (unpaired) electrons. The van der Waals surface area contributed by atoms with Gasteiger partial charge >= 0.3 is 0 Å². The molecule has 0 saturated heterocycles. The van der Waals surface area contributed by atoms with Crippen molar-refractivity contribution in [2.24, 2.45) is 0 Å². The zero-order valence-electron chi connectivity index (χ0n) is 13.2. The normalized spacial score (nSPS) is 13.9. The van der Waals surface area contributed by atoms with E-state index in [4.69, 9.17) is 0 Å². The third-order valence-corrected chi connectivity index (χ3v) is 4.95. The molecule has 0 heterocycles. The number of nitrogens with one attached hydrogen (secondary N) is 1. The largest absolute Gasteiger partial charge is 0.313 e. The highest BCUT2D eigenvalue weighted by molar-refractivity contribution is 7.98. The first kappa shape index (κ1) is 16.1. The van der Waals surface area contributed by atoms with Gasteiger partial charge in [-0.05, 0) is 36.3 Å². The third-order valence-electron chi connectivity index (χ3n) is 3.94. The molecule has 0 fully saturated rings. The predicted molar refractivity (Wildman–Crippen MR) is 95.9 cm³/mol. The lowest BCUT2D eigenvalue weighted by Gasteiger charge is -2.19. The smallest absolute Gasteiger partial charge is 0.0419 e. The summed E-state index contributed by atoms with van der Waals surface area (Å²) in [7, 11) is 0. The summed E-state index contributed by atoms with van der Waals surface area (Å²) >= 11 is 1.91. The second-order valence-corrected chi connectivity index (χ2v) is 6.47. The van der Waals surface area contributed by atoms with Crippen molar-refractivity contribution >= 4 is 11.8 Å². The Balaban J connectivity index is 2.06. The molecule has 0 aliphatic heterocycles. The maximum atomic E-state index is 3.61. The van der Waals surface area contributed by atoms with E-state index < -0.39 is 0 Å². The van der Waals surface area contributed by atoms with Crippen LogP contribution >= 0.6 is 11.8 Å². The zero-order valence-corrected chi connectivity index (χ0v) is 14.0. The predicted octanol–water partition coefficient (Wildman–Crippen LogP) is 5.15. The van der Waals surface area contributed by atoms with Crippen LogP contribution in [0.15, 0.2) is 54.6 Å². The molecule has 2 atom stereocenters. The first-order valence-corrected chi connectivity index (χ1v) is 8.95. The Morgan fingerprint density at radius 2 is 1.57 bits per heavy atom. The van der Waals surface area contributed by atoms with Crippen molar-refractivity contribution in [2.45, 2.75) is 31.6 Å². The molecule has 0 bridgehead atoms. The molecular weight excluding hydrogens is 274 g/mol. The van der Waals surface area contributed by atoms with Gasteiger partial charge in [0, 0.05) is 17.8 Å². The molecule has 112 valence electrons. The summed E-state index contributed by atoms with van der Waals surface area (Å²) in [6.07, 6.45) is 3.36. The number of rotatable bonds is 7. The second kappa shape index (κ2) is 8.26. The molecule has 0 saturated carbocycles. The fraction of sp³-hybridized carbons (Fsp3) is 0.368.